The van der Waals surface area contributed by atoms with E-state index in [4.69, 9.17) is 16.7 Å². The smallest absolute Gasteiger partial charge is 0.309 e. The molecule has 0 saturated heterocycles. The number of aryl methyl sites for hydroxylation is 1. The van der Waals surface area contributed by atoms with Crippen LogP contribution in [0, 0.1) is 6.92 Å². The lowest BCUT2D eigenvalue weighted by Gasteiger charge is -2.07. The molecule has 0 aliphatic rings. The van der Waals surface area contributed by atoms with Crippen molar-refractivity contribution in [1.82, 2.24) is 4.98 Å². The Balaban J connectivity index is 3.17. The van der Waals surface area contributed by atoms with E-state index in [9.17, 15) is 13.6 Å². The minimum atomic E-state index is -2.73. The molecule has 1 N–H and O–H groups in total. The van der Waals surface area contributed by atoms with E-state index in [1.807, 2.05) is 0 Å². The largest absolute Gasteiger partial charge is 0.481 e. The van der Waals surface area contributed by atoms with Crippen molar-refractivity contribution >= 4 is 17.6 Å². The lowest BCUT2D eigenvalue weighted by Crippen LogP contribution is -2.06. The summed E-state index contributed by atoms with van der Waals surface area (Å²) in [6.07, 6.45) is -3.19. The number of hydrogen-bond donors (Lipinski definition) is 1. The zero-order valence-corrected chi connectivity index (χ0v) is 8.55. The first-order chi connectivity index (χ1) is 6.91. The second-order valence-electron chi connectivity index (χ2n) is 2.99. The number of carbonyl (C=O) groups is 1. The van der Waals surface area contributed by atoms with Crippen LogP contribution in [0.3, 0.4) is 0 Å². The summed E-state index contributed by atoms with van der Waals surface area (Å²) in [5.74, 6) is -1.16. The highest BCUT2D eigenvalue weighted by atomic mass is 35.5. The molecule has 0 bridgehead atoms. The summed E-state index contributed by atoms with van der Waals surface area (Å²) in [7, 11) is 0. The molecule has 0 saturated carbocycles. The maximum Gasteiger partial charge on any atom is 0.309 e. The van der Waals surface area contributed by atoms with Gasteiger partial charge >= 0.3 is 5.97 Å². The zero-order chi connectivity index (χ0) is 11.6. The van der Waals surface area contributed by atoms with Crippen LogP contribution in [0.1, 0.15) is 23.4 Å². The van der Waals surface area contributed by atoms with Gasteiger partial charge < -0.3 is 5.11 Å². The first kappa shape index (κ1) is 11.8. The first-order valence-corrected chi connectivity index (χ1v) is 4.45. The van der Waals surface area contributed by atoms with E-state index in [-0.39, 0.29) is 16.3 Å². The molecule has 0 aliphatic carbocycles. The van der Waals surface area contributed by atoms with Gasteiger partial charge in [-0.3, -0.25) is 4.79 Å². The van der Waals surface area contributed by atoms with Gasteiger partial charge in [0.15, 0.2) is 0 Å². The fraction of sp³-hybridized carbons (Fsp3) is 0.333. The molecule has 0 amide bonds. The van der Waals surface area contributed by atoms with Crippen LogP contribution in [-0.2, 0) is 11.2 Å². The number of aliphatic carboxylic acids is 1. The monoisotopic (exact) mass is 235 g/mol. The first-order valence-electron chi connectivity index (χ1n) is 4.07. The van der Waals surface area contributed by atoms with Gasteiger partial charge in [0.05, 0.1) is 17.1 Å². The van der Waals surface area contributed by atoms with Gasteiger partial charge in [0.1, 0.15) is 5.69 Å². The van der Waals surface area contributed by atoms with E-state index in [2.05, 4.69) is 4.98 Å². The van der Waals surface area contributed by atoms with Crippen molar-refractivity contribution in [2.75, 3.05) is 0 Å². The number of aromatic nitrogens is 1. The van der Waals surface area contributed by atoms with E-state index in [0.29, 0.717) is 0 Å². The van der Waals surface area contributed by atoms with Gasteiger partial charge in [0.2, 0.25) is 0 Å². The number of carboxylic acid groups (broad SMARTS) is 1. The number of pyridine rings is 1. The molecule has 1 rings (SSSR count). The second kappa shape index (κ2) is 4.53. The summed E-state index contributed by atoms with van der Waals surface area (Å²) in [5.41, 5.74) is -0.204. The maximum absolute atomic E-state index is 12.4. The fourth-order valence-electron chi connectivity index (χ4n) is 1.12. The van der Waals surface area contributed by atoms with Gasteiger partial charge in [0.25, 0.3) is 6.43 Å². The number of alkyl halides is 2. The lowest BCUT2D eigenvalue weighted by molar-refractivity contribution is -0.136. The highest BCUT2D eigenvalue weighted by Gasteiger charge is 2.16. The molecule has 1 aromatic rings. The molecule has 0 aliphatic heterocycles. The predicted octanol–water partition coefficient (Wildman–Crippen LogP) is 2.61. The minimum absolute atomic E-state index is 0.0370. The van der Waals surface area contributed by atoms with Crippen molar-refractivity contribution in [3.63, 3.8) is 0 Å². The van der Waals surface area contributed by atoms with Crippen LogP contribution in [0.25, 0.3) is 0 Å². The SMILES string of the molecule is Cc1cc(Cl)c(CC(=O)O)nc1C(F)F. The molecule has 0 aromatic carbocycles. The van der Waals surface area contributed by atoms with E-state index >= 15 is 0 Å². The Morgan fingerprint density at radius 2 is 2.27 bits per heavy atom. The summed E-state index contributed by atoms with van der Waals surface area (Å²) in [6, 6.07) is 1.30. The van der Waals surface area contributed by atoms with Gasteiger partial charge in [-0.25, -0.2) is 13.8 Å². The number of rotatable bonds is 3. The third-order valence-electron chi connectivity index (χ3n) is 1.80. The Morgan fingerprint density at radius 3 is 2.73 bits per heavy atom. The summed E-state index contributed by atoms with van der Waals surface area (Å²) >= 11 is 5.68. The molecule has 0 fully saturated rings. The topological polar surface area (TPSA) is 50.2 Å². The van der Waals surface area contributed by atoms with Crippen molar-refractivity contribution in [1.29, 1.82) is 0 Å². The van der Waals surface area contributed by atoms with Crippen LogP contribution in [0.2, 0.25) is 5.02 Å². The van der Waals surface area contributed by atoms with Crippen LogP contribution < -0.4 is 0 Å². The summed E-state index contributed by atoms with van der Waals surface area (Å²) in [6.45, 7) is 1.45. The zero-order valence-electron chi connectivity index (χ0n) is 7.80. The van der Waals surface area contributed by atoms with Crippen LogP contribution in [0.15, 0.2) is 6.07 Å². The van der Waals surface area contributed by atoms with Crippen molar-refractivity contribution in [3.8, 4) is 0 Å². The molecule has 0 atom stereocenters. The molecular weight excluding hydrogens is 228 g/mol. The van der Waals surface area contributed by atoms with E-state index in [1.54, 1.807) is 0 Å². The predicted molar refractivity (Wildman–Crippen MR) is 50.3 cm³/mol. The Hall–Kier alpha value is -1.23. The third kappa shape index (κ3) is 2.86. The molecular formula is C9H8ClF2NO2. The molecule has 3 nitrogen and oxygen atoms in total. The summed E-state index contributed by atoms with van der Waals surface area (Å²) < 4.78 is 24.8. The van der Waals surface area contributed by atoms with Gasteiger partial charge in [0, 0.05) is 0 Å². The Kier molecular flexibility index (Phi) is 3.57. The van der Waals surface area contributed by atoms with Crippen LogP contribution >= 0.6 is 11.6 Å². The van der Waals surface area contributed by atoms with E-state index < -0.39 is 24.5 Å². The Bertz CT molecular complexity index is 396. The maximum atomic E-state index is 12.4. The van der Waals surface area contributed by atoms with Gasteiger partial charge in [-0.05, 0) is 18.6 Å². The summed E-state index contributed by atoms with van der Waals surface area (Å²) in [5, 5.41) is 8.60. The average Bonchev–Trinajstić information content (AvgIpc) is 2.08. The van der Waals surface area contributed by atoms with Crippen molar-refractivity contribution in [2.24, 2.45) is 0 Å². The fourth-order valence-corrected chi connectivity index (χ4v) is 1.40. The van der Waals surface area contributed by atoms with E-state index in [1.165, 1.54) is 13.0 Å². The molecule has 0 radical (unpaired) electrons. The van der Waals surface area contributed by atoms with Crippen LogP contribution in [0.5, 0.6) is 0 Å². The Labute approximate surface area is 89.7 Å². The van der Waals surface area contributed by atoms with Crippen LogP contribution in [-0.4, -0.2) is 16.1 Å². The number of halogens is 3. The molecule has 1 aromatic heterocycles. The average molecular weight is 236 g/mol. The number of nitrogens with zero attached hydrogens (tertiary/aromatic N) is 1. The lowest BCUT2D eigenvalue weighted by atomic mass is 10.1. The number of hydrogen-bond acceptors (Lipinski definition) is 2. The Morgan fingerprint density at radius 1 is 1.67 bits per heavy atom. The summed E-state index contributed by atoms with van der Waals surface area (Å²) in [4.78, 5) is 13.9. The third-order valence-corrected chi connectivity index (χ3v) is 2.13. The highest BCUT2D eigenvalue weighted by molar-refractivity contribution is 6.31. The molecule has 82 valence electrons. The van der Waals surface area contributed by atoms with Crippen molar-refractivity contribution in [3.05, 3.63) is 28.0 Å². The van der Waals surface area contributed by atoms with Gasteiger partial charge in [-0.2, -0.15) is 0 Å². The second-order valence-corrected chi connectivity index (χ2v) is 3.40. The quantitative estimate of drug-likeness (QED) is 0.876. The molecule has 0 spiro atoms. The van der Waals surface area contributed by atoms with Crippen molar-refractivity contribution < 1.29 is 18.7 Å². The molecule has 0 unspecified atom stereocenters. The standard InChI is InChI=1S/C9H8ClF2NO2/c1-4-2-5(10)6(3-7(14)15)13-8(4)9(11)12/h2,9H,3H2,1H3,(H,14,15). The molecule has 6 heteroatoms. The number of carboxylic acids is 1. The molecule has 1 heterocycles. The molecule has 15 heavy (non-hydrogen) atoms. The normalized spacial score (nSPS) is 10.7. The minimum Gasteiger partial charge on any atom is -0.481 e. The van der Waals surface area contributed by atoms with E-state index in [0.717, 1.165) is 0 Å². The highest BCUT2D eigenvalue weighted by Crippen LogP contribution is 2.25. The van der Waals surface area contributed by atoms with Gasteiger partial charge in [-0.1, -0.05) is 11.6 Å². The van der Waals surface area contributed by atoms with Gasteiger partial charge in [-0.15, -0.1) is 0 Å². The van der Waals surface area contributed by atoms with Crippen molar-refractivity contribution in [2.45, 2.75) is 19.8 Å². The van der Waals surface area contributed by atoms with Crippen LogP contribution in [0.4, 0.5) is 8.78 Å².